The third kappa shape index (κ3) is 3.62. The molecule has 0 aliphatic heterocycles. The van der Waals surface area contributed by atoms with Gasteiger partial charge >= 0.3 is 0 Å². The number of benzene rings is 1. The van der Waals surface area contributed by atoms with Gasteiger partial charge in [0.25, 0.3) is 0 Å². The summed E-state index contributed by atoms with van der Waals surface area (Å²) in [7, 11) is 0. The van der Waals surface area contributed by atoms with Crippen molar-refractivity contribution in [2.24, 2.45) is 5.73 Å². The smallest absolute Gasteiger partial charge is 0.246 e. The Bertz CT molecular complexity index is 621. The number of carbonyl (C=O) groups is 1. The lowest BCUT2D eigenvalue weighted by Gasteiger charge is -2.07. The molecule has 98 valence electrons. The molecule has 0 spiro atoms. The van der Waals surface area contributed by atoms with Crippen LogP contribution in [0.5, 0.6) is 0 Å². The molecule has 0 aliphatic rings. The number of aryl methyl sites for hydroxylation is 1. The maximum Gasteiger partial charge on any atom is 0.246 e. The van der Waals surface area contributed by atoms with Crippen molar-refractivity contribution in [2.75, 3.05) is 5.32 Å². The van der Waals surface area contributed by atoms with Crippen LogP contribution < -0.4 is 11.1 Å². The van der Waals surface area contributed by atoms with Gasteiger partial charge in [-0.2, -0.15) is 5.10 Å². The van der Waals surface area contributed by atoms with Gasteiger partial charge in [-0.25, -0.2) is 0 Å². The molecule has 0 unspecified atom stereocenters. The molecule has 1 aromatic carbocycles. The second-order valence-corrected chi connectivity index (χ2v) is 4.65. The topological polar surface area (TPSA) is 72.9 Å². The third-order valence-electron chi connectivity index (χ3n) is 2.50. The highest BCUT2D eigenvalue weighted by atomic mass is 32.1. The Morgan fingerprint density at radius 3 is 2.95 bits per heavy atom. The van der Waals surface area contributed by atoms with E-state index >= 15 is 0 Å². The molecule has 6 heteroatoms. The Morgan fingerprint density at radius 1 is 1.53 bits per heavy atom. The molecule has 0 atom stereocenters. The Morgan fingerprint density at radius 2 is 2.32 bits per heavy atom. The highest BCUT2D eigenvalue weighted by Gasteiger charge is 2.05. The standard InChI is InChI=1S/C13H14N4OS/c1-9-6-15-17(7-9)8-12(18)16-11-4-2-3-10(5-11)13(14)19/h2-7H,8H2,1H3,(H2,14,19)(H,16,18). The van der Waals surface area contributed by atoms with Gasteiger partial charge in [0, 0.05) is 17.4 Å². The molecule has 2 aromatic rings. The van der Waals surface area contributed by atoms with Gasteiger partial charge in [-0.3, -0.25) is 9.48 Å². The number of thiocarbonyl (C=S) groups is 1. The van der Waals surface area contributed by atoms with Crippen LogP contribution in [0, 0.1) is 6.92 Å². The molecule has 1 heterocycles. The second-order valence-electron chi connectivity index (χ2n) is 4.21. The van der Waals surface area contributed by atoms with Crippen molar-refractivity contribution < 1.29 is 4.79 Å². The molecule has 5 nitrogen and oxygen atoms in total. The van der Waals surface area contributed by atoms with Gasteiger partial charge in [-0.05, 0) is 24.6 Å². The highest BCUT2D eigenvalue weighted by molar-refractivity contribution is 7.80. The van der Waals surface area contributed by atoms with E-state index < -0.39 is 0 Å². The first-order valence-corrected chi connectivity index (χ1v) is 6.14. The number of anilines is 1. The van der Waals surface area contributed by atoms with Crippen LogP contribution in [0.15, 0.2) is 36.7 Å². The maximum absolute atomic E-state index is 11.8. The fourth-order valence-corrected chi connectivity index (χ4v) is 1.78. The number of aromatic nitrogens is 2. The Kier molecular flexibility index (Phi) is 3.91. The van der Waals surface area contributed by atoms with E-state index in [4.69, 9.17) is 18.0 Å². The van der Waals surface area contributed by atoms with Crippen LogP contribution in [0.4, 0.5) is 5.69 Å². The first kappa shape index (κ1) is 13.2. The number of nitrogens with zero attached hydrogens (tertiary/aromatic N) is 2. The van der Waals surface area contributed by atoms with Crippen molar-refractivity contribution in [3.8, 4) is 0 Å². The minimum absolute atomic E-state index is 0.150. The SMILES string of the molecule is Cc1cnn(CC(=O)Nc2cccc(C(N)=S)c2)c1. The van der Waals surface area contributed by atoms with Gasteiger partial charge < -0.3 is 11.1 Å². The Balaban J connectivity index is 2.02. The van der Waals surface area contributed by atoms with E-state index in [0.29, 0.717) is 10.7 Å². The van der Waals surface area contributed by atoms with Gasteiger partial charge in [0.1, 0.15) is 11.5 Å². The van der Waals surface area contributed by atoms with E-state index in [0.717, 1.165) is 11.1 Å². The molecule has 19 heavy (non-hydrogen) atoms. The summed E-state index contributed by atoms with van der Waals surface area (Å²) < 4.78 is 1.59. The lowest BCUT2D eigenvalue weighted by molar-refractivity contribution is -0.116. The number of nitrogens with one attached hydrogen (secondary N) is 1. The second kappa shape index (κ2) is 5.62. The van der Waals surface area contributed by atoms with Gasteiger partial charge in [-0.1, -0.05) is 24.4 Å². The predicted molar refractivity (Wildman–Crippen MR) is 77.9 cm³/mol. The highest BCUT2D eigenvalue weighted by Crippen LogP contribution is 2.10. The van der Waals surface area contributed by atoms with Gasteiger partial charge in [0.05, 0.1) is 6.20 Å². The van der Waals surface area contributed by atoms with Crippen LogP contribution in [-0.4, -0.2) is 20.7 Å². The lowest BCUT2D eigenvalue weighted by atomic mass is 10.2. The zero-order valence-corrected chi connectivity index (χ0v) is 11.3. The molecular formula is C13H14N4OS. The molecular weight excluding hydrogens is 260 g/mol. The van der Waals surface area contributed by atoms with E-state index in [9.17, 15) is 4.79 Å². The lowest BCUT2D eigenvalue weighted by Crippen LogP contribution is -2.19. The first-order valence-electron chi connectivity index (χ1n) is 5.73. The zero-order chi connectivity index (χ0) is 13.8. The summed E-state index contributed by atoms with van der Waals surface area (Å²) in [5.74, 6) is -0.150. The molecule has 1 aromatic heterocycles. The molecule has 3 N–H and O–H groups in total. The molecule has 0 fully saturated rings. The molecule has 0 aliphatic carbocycles. The van der Waals surface area contributed by atoms with Crippen molar-refractivity contribution in [3.63, 3.8) is 0 Å². The molecule has 0 saturated carbocycles. The van der Waals surface area contributed by atoms with E-state index in [-0.39, 0.29) is 12.5 Å². The molecule has 2 rings (SSSR count). The summed E-state index contributed by atoms with van der Waals surface area (Å²) in [6.45, 7) is 2.10. The summed E-state index contributed by atoms with van der Waals surface area (Å²) >= 11 is 4.89. The van der Waals surface area contributed by atoms with Crippen molar-refractivity contribution in [1.82, 2.24) is 9.78 Å². The monoisotopic (exact) mass is 274 g/mol. The van der Waals surface area contributed by atoms with Crippen LogP contribution in [0.25, 0.3) is 0 Å². The quantitative estimate of drug-likeness (QED) is 0.828. The van der Waals surface area contributed by atoms with Crippen LogP contribution in [0.2, 0.25) is 0 Å². The fraction of sp³-hybridized carbons (Fsp3) is 0.154. The third-order valence-corrected chi connectivity index (χ3v) is 2.73. The number of amides is 1. The van der Waals surface area contributed by atoms with E-state index in [1.54, 1.807) is 35.1 Å². The summed E-state index contributed by atoms with van der Waals surface area (Å²) in [4.78, 5) is 12.1. The van der Waals surface area contributed by atoms with Crippen LogP contribution in [-0.2, 0) is 11.3 Å². The van der Waals surface area contributed by atoms with Crippen LogP contribution in [0.3, 0.4) is 0 Å². The van der Waals surface area contributed by atoms with Crippen LogP contribution in [0.1, 0.15) is 11.1 Å². The number of hydrogen-bond donors (Lipinski definition) is 2. The van der Waals surface area contributed by atoms with E-state index in [1.807, 2.05) is 13.1 Å². The normalized spacial score (nSPS) is 10.2. The predicted octanol–water partition coefficient (Wildman–Crippen LogP) is 1.46. The summed E-state index contributed by atoms with van der Waals surface area (Å²) in [6, 6.07) is 7.12. The van der Waals surface area contributed by atoms with E-state index in [1.165, 1.54) is 0 Å². The maximum atomic E-state index is 11.8. The average Bonchev–Trinajstić information content (AvgIpc) is 2.74. The van der Waals surface area contributed by atoms with E-state index in [2.05, 4.69) is 10.4 Å². The molecule has 0 bridgehead atoms. The summed E-state index contributed by atoms with van der Waals surface area (Å²) in [5.41, 5.74) is 7.95. The Hall–Kier alpha value is -2.21. The zero-order valence-electron chi connectivity index (χ0n) is 10.5. The summed E-state index contributed by atoms with van der Waals surface area (Å²) in [5, 5.41) is 6.84. The van der Waals surface area contributed by atoms with Crippen molar-refractivity contribution >= 4 is 28.8 Å². The largest absolute Gasteiger partial charge is 0.389 e. The number of hydrogen-bond acceptors (Lipinski definition) is 3. The fourth-order valence-electron chi connectivity index (χ4n) is 1.65. The minimum atomic E-state index is -0.150. The average molecular weight is 274 g/mol. The van der Waals surface area contributed by atoms with Crippen molar-refractivity contribution in [3.05, 3.63) is 47.8 Å². The van der Waals surface area contributed by atoms with Gasteiger partial charge in [0.15, 0.2) is 0 Å². The summed E-state index contributed by atoms with van der Waals surface area (Å²) in [6.07, 6.45) is 3.52. The molecule has 1 amide bonds. The molecule has 0 radical (unpaired) electrons. The number of nitrogens with two attached hydrogens (primary N) is 1. The van der Waals surface area contributed by atoms with Crippen LogP contribution >= 0.6 is 12.2 Å². The van der Waals surface area contributed by atoms with Crippen molar-refractivity contribution in [2.45, 2.75) is 13.5 Å². The van der Waals surface area contributed by atoms with Gasteiger partial charge in [0.2, 0.25) is 5.91 Å². The van der Waals surface area contributed by atoms with Gasteiger partial charge in [-0.15, -0.1) is 0 Å². The Labute approximate surface area is 116 Å². The number of carbonyl (C=O) groups excluding carboxylic acids is 1. The van der Waals surface area contributed by atoms with Crippen molar-refractivity contribution in [1.29, 1.82) is 0 Å². The molecule has 0 saturated heterocycles. The first-order chi connectivity index (χ1) is 9.04. The number of rotatable bonds is 4. The minimum Gasteiger partial charge on any atom is -0.389 e.